The second-order valence-corrected chi connectivity index (χ2v) is 6.18. The monoisotopic (exact) mass is 197 g/mol. The van der Waals surface area contributed by atoms with Gasteiger partial charge in [0.25, 0.3) is 0 Å². The van der Waals surface area contributed by atoms with Gasteiger partial charge >= 0.3 is 0 Å². The lowest BCUT2D eigenvalue weighted by atomic mass is 9.67. The maximum atomic E-state index is 3.72. The average Bonchev–Trinajstić information content (AvgIpc) is 2.01. The van der Waals surface area contributed by atoms with Crippen LogP contribution in [0.4, 0.5) is 0 Å². The first-order valence-electron chi connectivity index (χ1n) is 6.13. The molecule has 0 bridgehead atoms. The molecule has 0 aromatic heterocycles. The van der Waals surface area contributed by atoms with Crippen molar-refractivity contribution in [2.24, 2.45) is 10.8 Å². The zero-order valence-electron chi connectivity index (χ0n) is 10.6. The van der Waals surface area contributed by atoms with Crippen LogP contribution in [0.5, 0.6) is 0 Å². The molecule has 1 nitrogen and oxygen atoms in total. The summed E-state index contributed by atoms with van der Waals surface area (Å²) in [5, 5.41) is 3.72. The van der Waals surface area contributed by atoms with Gasteiger partial charge in [-0.25, -0.2) is 0 Å². The quantitative estimate of drug-likeness (QED) is 0.726. The summed E-state index contributed by atoms with van der Waals surface area (Å²) in [5.74, 6) is 0. The fourth-order valence-electron chi connectivity index (χ4n) is 2.01. The minimum absolute atomic E-state index is 0.388. The zero-order chi connectivity index (χ0) is 10.8. The van der Waals surface area contributed by atoms with E-state index >= 15 is 0 Å². The van der Waals surface area contributed by atoms with Gasteiger partial charge in [-0.05, 0) is 37.0 Å². The van der Waals surface area contributed by atoms with Gasteiger partial charge in [-0.2, -0.15) is 0 Å². The fraction of sp³-hybridized carbons (Fsp3) is 1.00. The van der Waals surface area contributed by atoms with Crippen LogP contribution in [0, 0.1) is 10.8 Å². The van der Waals surface area contributed by atoms with Crippen LogP contribution in [0.1, 0.15) is 60.3 Å². The van der Waals surface area contributed by atoms with Crippen LogP contribution in [0.3, 0.4) is 0 Å². The Kier molecular flexibility index (Phi) is 3.63. The van der Waals surface area contributed by atoms with E-state index in [1.54, 1.807) is 0 Å². The highest BCUT2D eigenvalue weighted by Gasteiger charge is 2.35. The maximum absolute atomic E-state index is 3.72. The van der Waals surface area contributed by atoms with Gasteiger partial charge in [-0.1, -0.05) is 34.1 Å². The Balaban J connectivity index is 2.32. The van der Waals surface area contributed by atoms with Crippen molar-refractivity contribution in [3.63, 3.8) is 0 Å². The van der Waals surface area contributed by atoms with Crippen molar-refractivity contribution in [1.82, 2.24) is 5.32 Å². The van der Waals surface area contributed by atoms with Crippen LogP contribution >= 0.6 is 0 Å². The number of hydrogen-bond donors (Lipinski definition) is 1. The molecule has 84 valence electrons. The van der Waals surface area contributed by atoms with E-state index in [9.17, 15) is 0 Å². The Morgan fingerprint density at radius 2 is 1.86 bits per heavy atom. The lowest BCUT2D eigenvalue weighted by Gasteiger charge is -2.43. The van der Waals surface area contributed by atoms with Crippen LogP contribution in [-0.2, 0) is 0 Å². The first-order chi connectivity index (χ1) is 6.40. The molecule has 0 aliphatic heterocycles. The highest BCUT2D eigenvalue weighted by molar-refractivity contribution is 4.90. The molecule has 14 heavy (non-hydrogen) atoms. The summed E-state index contributed by atoms with van der Waals surface area (Å²) < 4.78 is 0. The van der Waals surface area contributed by atoms with Crippen LogP contribution in [0.25, 0.3) is 0 Å². The van der Waals surface area contributed by atoms with Gasteiger partial charge in [0.1, 0.15) is 0 Å². The smallest absolute Gasteiger partial charge is 0.00874 e. The SMILES string of the molecule is CCC1(CNC(C)C(C)(C)C)CCC1. The van der Waals surface area contributed by atoms with E-state index in [4.69, 9.17) is 0 Å². The lowest BCUT2D eigenvalue weighted by Crippen LogP contribution is -2.46. The number of nitrogens with one attached hydrogen (secondary N) is 1. The lowest BCUT2D eigenvalue weighted by molar-refractivity contribution is 0.110. The van der Waals surface area contributed by atoms with Crippen molar-refractivity contribution >= 4 is 0 Å². The van der Waals surface area contributed by atoms with Crippen LogP contribution in [0.15, 0.2) is 0 Å². The third kappa shape index (κ3) is 2.73. The Morgan fingerprint density at radius 3 is 2.14 bits per heavy atom. The molecule has 1 atom stereocenters. The Labute approximate surface area is 89.7 Å². The van der Waals surface area contributed by atoms with Gasteiger partial charge in [0.15, 0.2) is 0 Å². The number of hydrogen-bond acceptors (Lipinski definition) is 1. The average molecular weight is 197 g/mol. The summed E-state index contributed by atoms with van der Waals surface area (Å²) in [7, 11) is 0. The van der Waals surface area contributed by atoms with Gasteiger partial charge in [0.2, 0.25) is 0 Å². The predicted octanol–water partition coefficient (Wildman–Crippen LogP) is 3.59. The predicted molar refractivity (Wildman–Crippen MR) is 63.5 cm³/mol. The van der Waals surface area contributed by atoms with Gasteiger partial charge in [-0.15, -0.1) is 0 Å². The normalized spacial score (nSPS) is 22.9. The minimum Gasteiger partial charge on any atom is -0.313 e. The topological polar surface area (TPSA) is 12.0 Å². The van der Waals surface area contributed by atoms with Crippen molar-refractivity contribution in [2.45, 2.75) is 66.3 Å². The molecule has 1 rings (SSSR count). The minimum atomic E-state index is 0.388. The van der Waals surface area contributed by atoms with E-state index < -0.39 is 0 Å². The van der Waals surface area contributed by atoms with E-state index in [0.717, 1.165) is 0 Å². The van der Waals surface area contributed by atoms with E-state index in [0.29, 0.717) is 16.9 Å². The molecule has 0 radical (unpaired) electrons. The molecule has 0 saturated heterocycles. The molecule has 1 N–H and O–H groups in total. The molecule has 0 aromatic rings. The van der Waals surface area contributed by atoms with E-state index in [1.807, 2.05) is 0 Å². The van der Waals surface area contributed by atoms with Crippen molar-refractivity contribution in [3.8, 4) is 0 Å². The highest BCUT2D eigenvalue weighted by Crippen LogP contribution is 2.43. The summed E-state index contributed by atoms with van der Waals surface area (Å²) in [4.78, 5) is 0. The van der Waals surface area contributed by atoms with Gasteiger partial charge in [0, 0.05) is 12.6 Å². The molecule has 0 aromatic carbocycles. The third-order valence-corrected chi connectivity index (χ3v) is 4.25. The molecule has 1 unspecified atom stereocenters. The molecule has 1 saturated carbocycles. The fourth-order valence-corrected chi connectivity index (χ4v) is 2.01. The van der Waals surface area contributed by atoms with Crippen LogP contribution in [0.2, 0.25) is 0 Å². The second kappa shape index (κ2) is 4.22. The van der Waals surface area contributed by atoms with Crippen LogP contribution < -0.4 is 5.32 Å². The molecule has 0 heterocycles. The molecule has 1 heteroatoms. The van der Waals surface area contributed by atoms with Gasteiger partial charge in [0.05, 0.1) is 0 Å². The highest BCUT2D eigenvalue weighted by atomic mass is 14.9. The van der Waals surface area contributed by atoms with Crippen LogP contribution in [-0.4, -0.2) is 12.6 Å². The first-order valence-corrected chi connectivity index (χ1v) is 6.13. The maximum Gasteiger partial charge on any atom is 0.00874 e. The van der Waals surface area contributed by atoms with E-state index in [-0.39, 0.29) is 0 Å². The van der Waals surface area contributed by atoms with E-state index in [2.05, 4.69) is 39.9 Å². The summed E-state index contributed by atoms with van der Waals surface area (Å²) in [6, 6.07) is 0.617. The Bertz CT molecular complexity index is 169. The van der Waals surface area contributed by atoms with Crippen molar-refractivity contribution in [3.05, 3.63) is 0 Å². The second-order valence-electron chi connectivity index (χ2n) is 6.18. The Hall–Kier alpha value is -0.0400. The van der Waals surface area contributed by atoms with Crippen molar-refractivity contribution in [1.29, 1.82) is 0 Å². The van der Waals surface area contributed by atoms with E-state index in [1.165, 1.54) is 32.2 Å². The third-order valence-electron chi connectivity index (χ3n) is 4.25. The molecular weight excluding hydrogens is 170 g/mol. The molecule has 0 spiro atoms. The molecular formula is C13H27N. The molecule has 1 fully saturated rings. The Morgan fingerprint density at radius 1 is 1.29 bits per heavy atom. The zero-order valence-corrected chi connectivity index (χ0v) is 10.6. The number of rotatable bonds is 4. The standard InChI is InChI=1S/C13H27N/c1-6-13(8-7-9-13)10-14-11(2)12(3,4)5/h11,14H,6-10H2,1-5H3. The summed E-state index contributed by atoms with van der Waals surface area (Å²) in [5.41, 5.74) is 1.04. The van der Waals surface area contributed by atoms with Gasteiger partial charge < -0.3 is 5.32 Å². The molecule has 1 aliphatic carbocycles. The summed E-state index contributed by atoms with van der Waals surface area (Å²) in [6.45, 7) is 12.8. The largest absolute Gasteiger partial charge is 0.313 e. The van der Waals surface area contributed by atoms with Crippen molar-refractivity contribution in [2.75, 3.05) is 6.54 Å². The molecule has 1 aliphatic rings. The summed E-state index contributed by atoms with van der Waals surface area (Å²) in [6.07, 6.45) is 5.66. The molecule has 0 amide bonds. The van der Waals surface area contributed by atoms with Gasteiger partial charge in [-0.3, -0.25) is 0 Å². The first kappa shape index (κ1) is 12.0. The van der Waals surface area contributed by atoms with Crippen molar-refractivity contribution < 1.29 is 0 Å². The summed E-state index contributed by atoms with van der Waals surface area (Å²) >= 11 is 0.